The molecule has 2 N–H and O–H groups in total. The average molecular weight is 356 g/mol. The van der Waals surface area contributed by atoms with Gasteiger partial charge >= 0.3 is 0 Å². The summed E-state index contributed by atoms with van der Waals surface area (Å²) >= 11 is 0. The lowest BCUT2D eigenvalue weighted by Crippen LogP contribution is -2.44. The fourth-order valence-corrected chi connectivity index (χ4v) is 4.11. The molecule has 1 amide bonds. The van der Waals surface area contributed by atoms with Gasteiger partial charge in [0.2, 0.25) is 5.56 Å². The predicted molar refractivity (Wildman–Crippen MR) is 96.3 cm³/mol. The molecule has 1 spiro atoms. The van der Waals surface area contributed by atoms with Gasteiger partial charge in [-0.15, -0.1) is 0 Å². The number of pyridine rings is 1. The molecule has 0 aliphatic carbocycles. The molecule has 4 rings (SSSR count). The van der Waals surface area contributed by atoms with E-state index in [9.17, 15) is 19.7 Å². The zero-order chi connectivity index (χ0) is 18.3. The van der Waals surface area contributed by atoms with Crippen LogP contribution in [0.1, 0.15) is 29.6 Å². The van der Waals surface area contributed by atoms with Gasteiger partial charge in [0.15, 0.2) is 0 Å². The van der Waals surface area contributed by atoms with Crippen LogP contribution in [0.25, 0.3) is 10.9 Å². The number of H-pyrrole nitrogens is 1. The van der Waals surface area contributed by atoms with Crippen LogP contribution in [0.3, 0.4) is 0 Å². The Bertz CT molecular complexity index is 936. The van der Waals surface area contributed by atoms with Gasteiger partial charge in [-0.25, -0.2) is 0 Å². The van der Waals surface area contributed by atoms with Crippen LogP contribution in [0.15, 0.2) is 29.1 Å². The minimum Gasteiger partial charge on any atom is -0.339 e. The normalized spacial score (nSPS) is 19.2. The summed E-state index contributed by atoms with van der Waals surface area (Å²) in [5.74, 6) is -0.234. The molecule has 0 bridgehead atoms. The van der Waals surface area contributed by atoms with Crippen LogP contribution in [-0.2, 0) is 0 Å². The zero-order valence-electron chi connectivity index (χ0n) is 14.3. The number of benzene rings is 1. The highest BCUT2D eigenvalue weighted by Crippen LogP contribution is 2.37. The van der Waals surface area contributed by atoms with E-state index < -0.39 is 4.92 Å². The maximum atomic E-state index is 13.0. The van der Waals surface area contributed by atoms with Gasteiger partial charge in [0.1, 0.15) is 0 Å². The first-order valence-corrected chi connectivity index (χ1v) is 8.79. The summed E-state index contributed by atoms with van der Waals surface area (Å²) in [4.78, 5) is 39.9. The number of nitrogens with zero attached hydrogens (tertiary/aromatic N) is 2. The Hall–Kier alpha value is -2.74. The molecule has 136 valence electrons. The highest BCUT2D eigenvalue weighted by molar-refractivity contribution is 6.06. The fourth-order valence-electron chi connectivity index (χ4n) is 4.11. The zero-order valence-corrected chi connectivity index (χ0v) is 14.3. The standard InChI is InChI=1S/C18H20N4O4/c23-16-10-14(13-9-12(22(25)26)1-2-15(13)20-16)17(24)21-7-4-18(5-8-21)3-6-19-11-18/h1-2,9-10,19H,3-8,11H2,(H,20,23). The third-order valence-electron chi connectivity index (χ3n) is 5.71. The van der Waals surface area contributed by atoms with Gasteiger partial charge in [0, 0.05) is 48.7 Å². The molecule has 26 heavy (non-hydrogen) atoms. The van der Waals surface area contributed by atoms with Crippen molar-refractivity contribution < 1.29 is 9.72 Å². The maximum absolute atomic E-state index is 13.0. The molecule has 0 saturated carbocycles. The van der Waals surface area contributed by atoms with Crippen LogP contribution in [-0.4, -0.2) is 46.9 Å². The van der Waals surface area contributed by atoms with Crippen LogP contribution < -0.4 is 10.9 Å². The van der Waals surface area contributed by atoms with Crippen LogP contribution in [0, 0.1) is 15.5 Å². The van der Waals surface area contributed by atoms with Crippen LogP contribution in [0.2, 0.25) is 0 Å². The highest BCUT2D eigenvalue weighted by atomic mass is 16.6. The number of nitro benzene ring substituents is 1. The van der Waals surface area contributed by atoms with Gasteiger partial charge in [-0.3, -0.25) is 19.7 Å². The summed E-state index contributed by atoms with van der Waals surface area (Å²) < 4.78 is 0. The summed E-state index contributed by atoms with van der Waals surface area (Å²) in [6.07, 6.45) is 3.01. The number of amides is 1. The molecule has 1 aromatic carbocycles. The van der Waals surface area contributed by atoms with Crippen molar-refractivity contribution in [2.24, 2.45) is 5.41 Å². The molecular weight excluding hydrogens is 336 g/mol. The quantitative estimate of drug-likeness (QED) is 0.628. The molecule has 1 aromatic heterocycles. The van der Waals surface area contributed by atoms with Gasteiger partial charge in [-0.2, -0.15) is 0 Å². The van der Waals surface area contributed by atoms with Crippen LogP contribution in [0.4, 0.5) is 5.69 Å². The smallest absolute Gasteiger partial charge is 0.270 e. The average Bonchev–Trinajstić information content (AvgIpc) is 3.08. The Morgan fingerprint density at radius 2 is 1.96 bits per heavy atom. The summed E-state index contributed by atoms with van der Waals surface area (Å²) in [5, 5.41) is 14.9. The van der Waals surface area contributed by atoms with E-state index in [1.54, 1.807) is 4.90 Å². The monoisotopic (exact) mass is 356 g/mol. The molecule has 8 nitrogen and oxygen atoms in total. The first-order valence-electron chi connectivity index (χ1n) is 8.79. The number of hydrogen-bond donors (Lipinski definition) is 2. The topological polar surface area (TPSA) is 108 Å². The Kier molecular flexibility index (Phi) is 3.99. The summed E-state index contributed by atoms with van der Waals surface area (Å²) in [6.45, 7) is 3.30. The lowest BCUT2D eigenvalue weighted by atomic mass is 9.77. The second-order valence-corrected chi connectivity index (χ2v) is 7.25. The molecule has 0 unspecified atom stereocenters. The number of carbonyl (C=O) groups is 1. The number of fused-ring (bicyclic) bond motifs is 1. The number of nitro groups is 1. The van der Waals surface area contributed by atoms with Crippen molar-refractivity contribution in [3.05, 3.63) is 50.3 Å². The number of rotatable bonds is 2. The molecule has 3 heterocycles. The molecular formula is C18H20N4O4. The van der Waals surface area contributed by atoms with E-state index in [1.807, 2.05) is 0 Å². The van der Waals surface area contributed by atoms with Crippen molar-refractivity contribution in [3.8, 4) is 0 Å². The molecule has 2 fully saturated rings. The minimum atomic E-state index is -0.503. The van der Waals surface area contributed by atoms with Crippen molar-refractivity contribution in [2.45, 2.75) is 19.3 Å². The SMILES string of the molecule is O=C(c1cc(=O)[nH]c2ccc([N+](=O)[O-])cc12)N1CCC2(CCNC2)CC1. The van der Waals surface area contributed by atoms with E-state index in [0.29, 0.717) is 24.0 Å². The van der Waals surface area contributed by atoms with Crippen LogP contribution in [0.5, 0.6) is 0 Å². The van der Waals surface area contributed by atoms with E-state index in [2.05, 4.69) is 10.3 Å². The molecule has 2 aliphatic heterocycles. The minimum absolute atomic E-state index is 0.103. The van der Waals surface area contributed by atoms with Gasteiger partial charge in [0.05, 0.1) is 10.5 Å². The van der Waals surface area contributed by atoms with E-state index in [-0.39, 0.29) is 28.1 Å². The van der Waals surface area contributed by atoms with E-state index >= 15 is 0 Å². The number of nitrogens with one attached hydrogen (secondary N) is 2. The Morgan fingerprint density at radius 3 is 2.62 bits per heavy atom. The van der Waals surface area contributed by atoms with Gasteiger partial charge < -0.3 is 15.2 Å². The highest BCUT2D eigenvalue weighted by Gasteiger charge is 2.38. The second kappa shape index (κ2) is 6.21. The maximum Gasteiger partial charge on any atom is 0.270 e. The van der Waals surface area contributed by atoms with Crippen LogP contribution >= 0.6 is 0 Å². The van der Waals surface area contributed by atoms with E-state index in [0.717, 1.165) is 32.4 Å². The summed E-state index contributed by atoms with van der Waals surface area (Å²) in [6, 6.07) is 5.39. The second-order valence-electron chi connectivity index (χ2n) is 7.25. The summed E-state index contributed by atoms with van der Waals surface area (Å²) in [5.41, 5.74) is 0.454. The van der Waals surface area contributed by atoms with Crippen molar-refractivity contribution >= 4 is 22.5 Å². The Morgan fingerprint density at radius 1 is 1.19 bits per heavy atom. The van der Waals surface area contributed by atoms with Crippen molar-refractivity contribution in [1.29, 1.82) is 0 Å². The molecule has 2 aliphatic rings. The first-order chi connectivity index (χ1) is 12.5. The molecule has 8 heteroatoms. The lowest BCUT2D eigenvalue weighted by molar-refractivity contribution is -0.384. The Balaban J connectivity index is 1.67. The molecule has 2 aromatic rings. The van der Waals surface area contributed by atoms with Crippen molar-refractivity contribution in [1.82, 2.24) is 15.2 Å². The number of carbonyl (C=O) groups excluding carboxylic acids is 1. The number of aromatic amines is 1. The summed E-state index contributed by atoms with van der Waals surface area (Å²) in [7, 11) is 0. The van der Waals surface area contributed by atoms with Gasteiger partial charge in [0.25, 0.3) is 11.6 Å². The van der Waals surface area contributed by atoms with Gasteiger partial charge in [-0.05, 0) is 37.3 Å². The number of aromatic nitrogens is 1. The predicted octanol–water partition coefficient (Wildman–Crippen LogP) is 1.65. The third kappa shape index (κ3) is 2.86. The van der Waals surface area contributed by atoms with Gasteiger partial charge in [-0.1, -0.05) is 0 Å². The molecule has 2 saturated heterocycles. The first kappa shape index (κ1) is 16.7. The van der Waals surface area contributed by atoms with E-state index in [4.69, 9.17) is 0 Å². The largest absolute Gasteiger partial charge is 0.339 e. The van der Waals surface area contributed by atoms with Crippen molar-refractivity contribution in [3.63, 3.8) is 0 Å². The molecule has 0 atom stereocenters. The number of piperidine rings is 1. The number of likely N-dealkylation sites (tertiary alicyclic amines) is 1. The lowest BCUT2D eigenvalue weighted by Gasteiger charge is -2.39. The number of hydrogen-bond acceptors (Lipinski definition) is 5. The Labute approximate surface area is 149 Å². The third-order valence-corrected chi connectivity index (χ3v) is 5.71. The molecule has 0 radical (unpaired) electrons. The van der Waals surface area contributed by atoms with Crippen molar-refractivity contribution in [2.75, 3.05) is 26.2 Å². The fraction of sp³-hybridized carbons (Fsp3) is 0.444. The number of non-ortho nitro benzene ring substituents is 1. The van der Waals surface area contributed by atoms with E-state index in [1.165, 1.54) is 24.3 Å².